The maximum absolute atomic E-state index is 12.0. The summed E-state index contributed by atoms with van der Waals surface area (Å²) in [4.78, 5) is 12.0. The van der Waals surface area contributed by atoms with Crippen molar-refractivity contribution in [1.82, 2.24) is 10.2 Å². The predicted octanol–water partition coefficient (Wildman–Crippen LogP) is 3.53. The molecule has 1 aliphatic heterocycles. The van der Waals surface area contributed by atoms with E-state index in [1.165, 1.54) is 0 Å². The van der Waals surface area contributed by atoms with Crippen molar-refractivity contribution < 1.29 is 4.79 Å². The standard InChI is InChI=1S/C14H14ClN3OS/c1-7-11-12(9-5-3-4-6-10(9)15)20-8(2)14(19)16-13(11)18-17-7/h3-6,8,12H,1-2H3,(H2,16,17,18,19)/t8-,12-/m0/s1. The van der Waals surface area contributed by atoms with E-state index in [9.17, 15) is 4.79 Å². The van der Waals surface area contributed by atoms with Crippen molar-refractivity contribution in [3.63, 3.8) is 0 Å². The number of amides is 1. The lowest BCUT2D eigenvalue weighted by Gasteiger charge is -2.18. The predicted molar refractivity (Wildman–Crippen MR) is 82.3 cm³/mol. The van der Waals surface area contributed by atoms with Gasteiger partial charge in [-0.25, -0.2) is 0 Å². The molecule has 0 saturated carbocycles. The molecule has 2 aromatic rings. The van der Waals surface area contributed by atoms with Crippen molar-refractivity contribution in [3.8, 4) is 0 Å². The van der Waals surface area contributed by atoms with E-state index in [4.69, 9.17) is 11.6 Å². The molecule has 0 aliphatic carbocycles. The number of benzene rings is 1. The Morgan fingerprint density at radius 1 is 1.35 bits per heavy atom. The van der Waals surface area contributed by atoms with Gasteiger partial charge in [-0.1, -0.05) is 29.8 Å². The summed E-state index contributed by atoms with van der Waals surface area (Å²) in [6, 6.07) is 7.74. The number of carbonyl (C=O) groups is 1. The number of halogens is 1. The van der Waals surface area contributed by atoms with Gasteiger partial charge in [0.05, 0.1) is 10.5 Å². The van der Waals surface area contributed by atoms with Gasteiger partial charge in [0.15, 0.2) is 5.82 Å². The topological polar surface area (TPSA) is 57.8 Å². The third kappa shape index (κ3) is 2.21. The number of aromatic nitrogens is 2. The molecule has 2 heterocycles. The molecule has 3 rings (SSSR count). The van der Waals surface area contributed by atoms with Crippen molar-refractivity contribution in [1.29, 1.82) is 0 Å². The Kier molecular flexibility index (Phi) is 3.48. The molecule has 0 fully saturated rings. The molecular formula is C14H14ClN3OS. The molecule has 2 N–H and O–H groups in total. The maximum atomic E-state index is 12.0. The Morgan fingerprint density at radius 3 is 2.85 bits per heavy atom. The molecule has 0 bridgehead atoms. The molecule has 1 aromatic heterocycles. The molecule has 1 amide bonds. The molecule has 104 valence electrons. The minimum absolute atomic E-state index is 0.00796. The van der Waals surface area contributed by atoms with E-state index in [2.05, 4.69) is 15.5 Å². The van der Waals surface area contributed by atoms with Crippen LogP contribution in [0.5, 0.6) is 0 Å². The van der Waals surface area contributed by atoms with Crippen LogP contribution in [-0.4, -0.2) is 21.4 Å². The van der Waals surface area contributed by atoms with Gasteiger partial charge in [0.25, 0.3) is 0 Å². The van der Waals surface area contributed by atoms with Crippen LogP contribution in [-0.2, 0) is 4.79 Å². The summed E-state index contributed by atoms with van der Waals surface area (Å²) >= 11 is 7.92. The van der Waals surface area contributed by atoms with Gasteiger partial charge in [-0.05, 0) is 25.5 Å². The van der Waals surface area contributed by atoms with Crippen molar-refractivity contribution in [2.45, 2.75) is 24.3 Å². The molecule has 0 radical (unpaired) electrons. The molecule has 0 spiro atoms. The van der Waals surface area contributed by atoms with Gasteiger partial charge in [0.2, 0.25) is 5.91 Å². The largest absolute Gasteiger partial charge is 0.308 e. The fourth-order valence-electron chi connectivity index (χ4n) is 2.32. The normalized spacial score (nSPS) is 22.1. The number of thioether (sulfide) groups is 1. The van der Waals surface area contributed by atoms with Crippen LogP contribution in [0.3, 0.4) is 0 Å². The van der Waals surface area contributed by atoms with E-state index < -0.39 is 0 Å². The van der Waals surface area contributed by atoms with Gasteiger partial charge in [-0.2, -0.15) is 5.10 Å². The fourth-order valence-corrected chi connectivity index (χ4v) is 4.00. The third-order valence-electron chi connectivity index (χ3n) is 3.40. The number of nitrogens with one attached hydrogen (secondary N) is 2. The van der Waals surface area contributed by atoms with Crippen LogP contribution in [0, 0.1) is 6.92 Å². The second-order valence-electron chi connectivity index (χ2n) is 4.78. The Hall–Kier alpha value is -1.46. The van der Waals surface area contributed by atoms with Crippen molar-refractivity contribution >= 4 is 35.1 Å². The summed E-state index contributed by atoms with van der Waals surface area (Å²) in [6.45, 7) is 3.85. The summed E-state index contributed by atoms with van der Waals surface area (Å²) < 4.78 is 0. The van der Waals surface area contributed by atoms with E-state index >= 15 is 0 Å². The first-order valence-corrected chi connectivity index (χ1v) is 7.65. The van der Waals surface area contributed by atoms with Gasteiger partial charge in [-0.15, -0.1) is 11.8 Å². The maximum Gasteiger partial charge on any atom is 0.238 e. The lowest BCUT2D eigenvalue weighted by molar-refractivity contribution is -0.115. The Labute approximate surface area is 126 Å². The molecule has 4 nitrogen and oxygen atoms in total. The average molecular weight is 308 g/mol. The van der Waals surface area contributed by atoms with E-state index in [1.807, 2.05) is 38.1 Å². The molecule has 1 aromatic carbocycles. The first kappa shape index (κ1) is 13.5. The zero-order valence-corrected chi connectivity index (χ0v) is 12.7. The monoisotopic (exact) mass is 307 g/mol. The third-order valence-corrected chi connectivity index (χ3v) is 5.12. The number of aromatic amines is 1. The van der Waals surface area contributed by atoms with Crippen molar-refractivity contribution in [2.75, 3.05) is 5.32 Å². The van der Waals surface area contributed by atoms with Crippen molar-refractivity contribution in [3.05, 3.63) is 46.1 Å². The summed E-state index contributed by atoms with van der Waals surface area (Å²) in [5.41, 5.74) is 2.96. The van der Waals surface area contributed by atoms with Crippen LogP contribution >= 0.6 is 23.4 Å². The Bertz CT molecular complexity index is 670. The lowest BCUT2D eigenvalue weighted by Crippen LogP contribution is -2.21. The summed E-state index contributed by atoms with van der Waals surface area (Å²) in [5.74, 6) is 0.576. The van der Waals surface area contributed by atoms with E-state index in [-0.39, 0.29) is 16.4 Å². The van der Waals surface area contributed by atoms with Gasteiger partial charge in [0.1, 0.15) is 0 Å². The average Bonchev–Trinajstić information content (AvgIpc) is 2.71. The second-order valence-corrected chi connectivity index (χ2v) is 6.64. The van der Waals surface area contributed by atoms with Gasteiger partial charge in [-0.3, -0.25) is 9.89 Å². The lowest BCUT2D eigenvalue weighted by atomic mass is 10.0. The van der Waals surface area contributed by atoms with Gasteiger partial charge < -0.3 is 5.32 Å². The van der Waals surface area contributed by atoms with Crippen LogP contribution < -0.4 is 5.32 Å². The number of aryl methyl sites for hydroxylation is 1. The number of hydrogen-bond acceptors (Lipinski definition) is 3. The number of rotatable bonds is 1. The van der Waals surface area contributed by atoms with Crippen LogP contribution in [0.15, 0.2) is 24.3 Å². The van der Waals surface area contributed by atoms with Crippen LogP contribution in [0.4, 0.5) is 5.82 Å². The molecular weight excluding hydrogens is 294 g/mol. The van der Waals surface area contributed by atoms with Crippen molar-refractivity contribution in [2.24, 2.45) is 0 Å². The van der Waals surface area contributed by atoms with E-state index in [0.29, 0.717) is 10.8 Å². The highest BCUT2D eigenvalue weighted by Crippen LogP contribution is 2.46. The molecule has 20 heavy (non-hydrogen) atoms. The molecule has 1 aliphatic rings. The molecule has 2 atom stereocenters. The number of nitrogens with zero attached hydrogens (tertiary/aromatic N) is 1. The molecule has 0 unspecified atom stereocenters. The number of H-pyrrole nitrogens is 1. The summed E-state index contributed by atoms with van der Waals surface area (Å²) in [7, 11) is 0. The Balaban J connectivity index is 2.16. The number of anilines is 1. The number of fused-ring (bicyclic) bond motifs is 1. The van der Waals surface area contributed by atoms with Gasteiger partial charge >= 0.3 is 0 Å². The second kappa shape index (κ2) is 5.14. The smallest absolute Gasteiger partial charge is 0.238 e. The number of hydrogen-bond donors (Lipinski definition) is 2. The minimum Gasteiger partial charge on any atom is -0.308 e. The summed E-state index contributed by atoms with van der Waals surface area (Å²) in [6.07, 6.45) is 0. The molecule has 0 saturated heterocycles. The highest BCUT2D eigenvalue weighted by molar-refractivity contribution is 8.01. The summed E-state index contributed by atoms with van der Waals surface area (Å²) in [5, 5.41) is 10.5. The number of carbonyl (C=O) groups excluding carboxylic acids is 1. The van der Waals surface area contributed by atoms with E-state index in [0.717, 1.165) is 16.8 Å². The quantitative estimate of drug-likeness (QED) is 0.847. The first-order chi connectivity index (χ1) is 9.58. The highest BCUT2D eigenvalue weighted by Gasteiger charge is 2.32. The Morgan fingerprint density at radius 2 is 2.10 bits per heavy atom. The van der Waals surface area contributed by atoms with Crippen LogP contribution in [0.2, 0.25) is 5.02 Å². The minimum atomic E-state index is -0.162. The first-order valence-electron chi connectivity index (χ1n) is 6.33. The SMILES string of the molecule is Cc1[nH]nc2c1[C@H](c1ccccc1Cl)S[C@@H](C)C(=O)N2. The zero-order chi connectivity index (χ0) is 14.3. The van der Waals surface area contributed by atoms with E-state index in [1.54, 1.807) is 11.8 Å². The zero-order valence-electron chi connectivity index (χ0n) is 11.1. The fraction of sp³-hybridized carbons (Fsp3) is 0.286. The highest BCUT2D eigenvalue weighted by atomic mass is 35.5. The van der Waals surface area contributed by atoms with Gasteiger partial charge in [0, 0.05) is 16.3 Å². The molecule has 6 heteroatoms. The van der Waals surface area contributed by atoms with Crippen LogP contribution in [0.1, 0.15) is 29.0 Å². The van der Waals surface area contributed by atoms with Crippen LogP contribution in [0.25, 0.3) is 0 Å².